The van der Waals surface area contributed by atoms with E-state index >= 15 is 0 Å². The second-order valence-electron chi connectivity index (χ2n) is 8.30. The zero-order valence-corrected chi connectivity index (χ0v) is 13.9. The van der Waals surface area contributed by atoms with E-state index in [0.717, 1.165) is 6.42 Å². The van der Waals surface area contributed by atoms with Gasteiger partial charge in [0.2, 0.25) is 0 Å². The smallest absolute Gasteiger partial charge is 0.141 e. The van der Waals surface area contributed by atoms with Crippen LogP contribution in [0.4, 0.5) is 0 Å². The summed E-state index contributed by atoms with van der Waals surface area (Å²) in [7, 11) is 0. The molecule has 1 heterocycles. The first-order valence-corrected chi connectivity index (χ1v) is 8.37. The number of ether oxygens (including phenoxy) is 1. The Balaban J connectivity index is 1.97. The summed E-state index contributed by atoms with van der Waals surface area (Å²) < 4.78 is 5.53. The second-order valence-corrected chi connectivity index (χ2v) is 8.30. The van der Waals surface area contributed by atoms with E-state index in [-0.39, 0.29) is 11.3 Å². The minimum atomic E-state index is 0.0753. The lowest BCUT2D eigenvalue weighted by molar-refractivity contribution is -0.128. The minimum Gasteiger partial charge on any atom is -0.500 e. The SMILES string of the molecule is C/C=C1/C2=COC[C@@H]2CC(=O)[C@@H]1[C@@]1(C)CCCC(C)(C)C1. The maximum Gasteiger partial charge on any atom is 0.141 e. The quantitative estimate of drug-likeness (QED) is 0.701. The summed E-state index contributed by atoms with van der Waals surface area (Å²) in [5.41, 5.74) is 3.01. The first kappa shape index (κ1) is 14.9. The minimum absolute atomic E-state index is 0.0753. The molecule has 1 aliphatic heterocycles. The van der Waals surface area contributed by atoms with Crippen molar-refractivity contribution in [1.82, 2.24) is 0 Å². The molecule has 2 nitrogen and oxygen atoms in total. The van der Waals surface area contributed by atoms with Gasteiger partial charge in [-0.25, -0.2) is 0 Å². The number of rotatable bonds is 1. The standard InChI is InChI=1S/C19H28O2/c1-5-14-15-11-21-10-13(15)9-16(20)17(14)19(4)8-6-7-18(2,3)12-19/h5,11,13,17H,6-10,12H2,1-4H3/b14-5-/t13-,17+,19-/m0/s1. The van der Waals surface area contributed by atoms with E-state index in [1.165, 1.54) is 30.4 Å². The molecule has 3 atom stereocenters. The summed E-state index contributed by atoms with van der Waals surface area (Å²) in [6.45, 7) is 9.82. The van der Waals surface area contributed by atoms with Crippen LogP contribution in [0.3, 0.4) is 0 Å². The van der Waals surface area contributed by atoms with Crippen LogP contribution in [0.15, 0.2) is 23.5 Å². The van der Waals surface area contributed by atoms with Crippen molar-refractivity contribution < 1.29 is 9.53 Å². The summed E-state index contributed by atoms with van der Waals surface area (Å²) in [4.78, 5) is 12.9. The molecule has 2 heteroatoms. The molecule has 0 aromatic carbocycles. The highest BCUT2D eigenvalue weighted by Gasteiger charge is 2.50. The van der Waals surface area contributed by atoms with Gasteiger partial charge in [-0.1, -0.05) is 33.3 Å². The van der Waals surface area contributed by atoms with Crippen LogP contribution in [0.2, 0.25) is 0 Å². The molecule has 0 unspecified atom stereocenters. The molecule has 0 amide bonds. The van der Waals surface area contributed by atoms with Gasteiger partial charge in [-0.15, -0.1) is 0 Å². The Morgan fingerprint density at radius 1 is 1.29 bits per heavy atom. The molecule has 2 aliphatic carbocycles. The van der Waals surface area contributed by atoms with Crippen molar-refractivity contribution in [2.24, 2.45) is 22.7 Å². The molecule has 3 aliphatic rings. The number of ketones is 1. The third-order valence-corrected chi connectivity index (χ3v) is 5.85. The van der Waals surface area contributed by atoms with E-state index in [0.29, 0.717) is 30.1 Å². The molecule has 0 saturated heterocycles. The lowest BCUT2D eigenvalue weighted by atomic mass is 9.54. The van der Waals surface area contributed by atoms with Crippen LogP contribution >= 0.6 is 0 Å². The molecular formula is C19H28O2. The Morgan fingerprint density at radius 3 is 2.71 bits per heavy atom. The van der Waals surface area contributed by atoms with Crippen molar-refractivity contribution in [2.75, 3.05) is 6.61 Å². The summed E-state index contributed by atoms with van der Waals surface area (Å²) in [5, 5.41) is 0. The van der Waals surface area contributed by atoms with Crippen LogP contribution in [-0.4, -0.2) is 12.4 Å². The largest absolute Gasteiger partial charge is 0.500 e. The van der Waals surface area contributed by atoms with E-state index in [1.54, 1.807) is 0 Å². The Labute approximate surface area is 128 Å². The lowest BCUT2D eigenvalue weighted by Gasteiger charge is -2.49. The zero-order chi connectivity index (χ0) is 15.3. The molecule has 3 rings (SSSR count). The van der Waals surface area contributed by atoms with Crippen LogP contribution in [-0.2, 0) is 9.53 Å². The number of carbonyl (C=O) groups excluding carboxylic acids is 1. The normalized spacial score (nSPS) is 40.7. The third-order valence-electron chi connectivity index (χ3n) is 5.85. The summed E-state index contributed by atoms with van der Waals surface area (Å²) in [6, 6.07) is 0. The van der Waals surface area contributed by atoms with Gasteiger partial charge in [-0.2, -0.15) is 0 Å². The van der Waals surface area contributed by atoms with Crippen LogP contribution in [0, 0.1) is 22.7 Å². The molecule has 21 heavy (non-hydrogen) atoms. The van der Waals surface area contributed by atoms with Crippen molar-refractivity contribution in [3.05, 3.63) is 23.5 Å². The molecule has 0 aromatic heterocycles. The van der Waals surface area contributed by atoms with Gasteiger partial charge in [0.15, 0.2) is 0 Å². The second kappa shape index (κ2) is 5.00. The average Bonchev–Trinajstić information content (AvgIpc) is 2.82. The highest BCUT2D eigenvalue weighted by atomic mass is 16.5. The molecule has 0 bridgehead atoms. The van der Waals surface area contributed by atoms with Crippen molar-refractivity contribution in [3.8, 4) is 0 Å². The van der Waals surface area contributed by atoms with Gasteiger partial charge in [-0.3, -0.25) is 4.79 Å². The maximum absolute atomic E-state index is 12.9. The number of hydrogen-bond acceptors (Lipinski definition) is 2. The first-order valence-electron chi connectivity index (χ1n) is 8.37. The van der Waals surface area contributed by atoms with E-state index in [4.69, 9.17) is 4.74 Å². The van der Waals surface area contributed by atoms with Gasteiger partial charge in [0.1, 0.15) is 5.78 Å². The van der Waals surface area contributed by atoms with Gasteiger partial charge < -0.3 is 4.74 Å². The highest BCUT2D eigenvalue weighted by molar-refractivity contribution is 5.88. The lowest BCUT2D eigenvalue weighted by Crippen LogP contribution is -2.44. The number of allylic oxidation sites excluding steroid dienone is 2. The fraction of sp³-hybridized carbons (Fsp3) is 0.737. The van der Waals surface area contributed by atoms with E-state index in [9.17, 15) is 4.79 Å². The van der Waals surface area contributed by atoms with Crippen molar-refractivity contribution >= 4 is 5.78 Å². The molecule has 0 spiro atoms. The Bertz CT molecular complexity index is 512. The number of Topliss-reactive ketones (excluding diaryl/α,β-unsaturated/α-hetero) is 1. The van der Waals surface area contributed by atoms with Gasteiger partial charge in [0.25, 0.3) is 0 Å². The molecule has 2 fully saturated rings. The van der Waals surface area contributed by atoms with Crippen molar-refractivity contribution in [3.63, 3.8) is 0 Å². The van der Waals surface area contributed by atoms with E-state index in [1.807, 2.05) is 6.26 Å². The number of fused-ring (bicyclic) bond motifs is 1. The van der Waals surface area contributed by atoms with Crippen LogP contribution in [0.5, 0.6) is 0 Å². The Kier molecular flexibility index (Phi) is 3.54. The first-order chi connectivity index (χ1) is 9.86. The van der Waals surface area contributed by atoms with Gasteiger partial charge in [-0.05, 0) is 48.2 Å². The fourth-order valence-electron chi connectivity index (χ4n) is 5.20. The van der Waals surface area contributed by atoms with Gasteiger partial charge in [0.05, 0.1) is 12.9 Å². The molecule has 0 radical (unpaired) electrons. The average molecular weight is 288 g/mol. The Morgan fingerprint density at radius 2 is 2.05 bits per heavy atom. The Hall–Kier alpha value is -1.05. The summed E-state index contributed by atoms with van der Waals surface area (Å²) in [6.07, 6.45) is 9.59. The number of hydrogen-bond donors (Lipinski definition) is 0. The van der Waals surface area contributed by atoms with Crippen molar-refractivity contribution in [1.29, 1.82) is 0 Å². The molecule has 0 aromatic rings. The third kappa shape index (κ3) is 2.47. The van der Waals surface area contributed by atoms with Crippen LogP contribution in [0.25, 0.3) is 0 Å². The molecule has 2 saturated carbocycles. The predicted octanol–water partition coefficient (Wildman–Crippen LogP) is 4.66. The molecule has 0 N–H and O–H groups in total. The summed E-state index contributed by atoms with van der Waals surface area (Å²) >= 11 is 0. The number of carbonyl (C=O) groups is 1. The maximum atomic E-state index is 12.9. The van der Waals surface area contributed by atoms with Crippen LogP contribution < -0.4 is 0 Å². The monoisotopic (exact) mass is 288 g/mol. The molecular weight excluding hydrogens is 260 g/mol. The van der Waals surface area contributed by atoms with Gasteiger partial charge >= 0.3 is 0 Å². The van der Waals surface area contributed by atoms with Crippen LogP contribution in [0.1, 0.15) is 59.8 Å². The fourth-order valence-corrected chi connectivity index (χ4v) is 5.20. The highest BCUT2D eigenvalue weighted by Crippen LogP contribution is 2.55. The predicted molar refractivity (Wildman–Crippen MR) is 84.8 cm³/mol. The zero-order valence-electron chi connectivity index (χ0n) is 13.9. The van der Waals surface area contributed by atoms with E-state index < -0.39 is 0 Å². The van der Waals surface area contributed by atoms with Gasteiger partial charge in [0, 0.05) is 18.3 Å². The van der Waals surface area contributed by atoms with Crippen molar-refractivity contribution in [2.45, 2.75) is 59.8 Å². The summed E-state index contributed by atoms with van der Waals surface area (Å²) in [5.74, 6) is 0.822. The molecule has 116 valence electrons. The topological polar surface area (TPSA) is 26.3 Å². The van der Waals surface area contributed by atoms with E-state index in [2.05, 4.69) is 33.8 Å².